The topological polar surface area (TPSA) is 43.8 Å². The van der Waals surface area contributed by atoms with Crippen LogP contribution in [0.2, 0.25) is 0 Å². The summed E-state index contributed by atoms with van der Waals surface area (Å²) in [5, 5.41) is 0. The van der Waals surface area contributed by atoms with Crippen LogP contribution in [-0.2, 0) is 6.42 Å². The first-order valence-corrected chi connectivity index (χ1v) is 2.73. The molecule has 0 aliphatic rings. The van der Waals surface area contributed by atoms with E-state index in [1.807, 2.05) is 0 Å². The van der Waals surface area contributed by atoms with Gasteiger partial charge >= 0.3 is 0 Å². The van der Waals surface area contributed by atoms with E-state index >= 15 is 0 Å². The van der Waals surface area contributed by atoms with Crippen molar-refractivity contribution in [3.63, 3.8) is 0 Å². The standard InChI is InChI=1S/C6H9N3/c1-2-3-6-8-4-5-9(6)7/h2,4-5H,1,3,7H2. The molecule has 0 aromatic carbocycles. The van der Waals surface area contributed by atoms with E-state index < -0.39 is 0 Å². The Kier molecular flexibility index (Phi) is 1.53. The minimum Gasteiger partial charge on any atom is -0.338 e. The quantitative estimate of drug-likeness (QED) is 0.455. The van der Waals surface area contributed by atoms with Crippen LogP contribution in [-0.4, -0.2) is 9.66 Å². The first kappa shape index (κ1) is 5.88. The SMILES string of the molecule is C=CCc1nccn1N. The molecule has 0 bridgehead atoms. The molecule has 0 aliphatic heterocycles. The summed E-state index contributed by atoms with van der Waals surface area (Å²) in [6.45, 7) is 3.57. The van der Waals surface area contributed by atoms with Gasteiger partial charge in [-0.3, -0.25) is 4.68 Å². The Hall–Kier alpha value is -1.25. The number of hydrogen-bond acceptors (Lipinski definition) is 2. The summed E-state index contributed by atoms with van der Waals surface area (Å²) in [6, 6.07) is 0. The van der Waals surface area contributed by atoms with Gasteiger partial charge in [-0.1, -0.05) is 6.08 Å². The maximum atomic E-state index is 5.43. The van der Waals surface area contributed by atoms with Gasteiger partial charge in [0.1, 0.15) is 5.82 Å². The second kappa shape index (κ2) is 2.35. The molecule has 0 aliphatic carbocycles. The van der Waals surface area contributed by atoms with Gasteiger partial charge in [0.2, 0.25) is 0 Å². The van der Waals surface area contributed by atoms with Crippen molar-refractivity contribution < 1.29 is 0 Å². The number of allylic oxidation sites excluding steroid dienone is 1. The molecule has 3 heteroatoms. The monoisotopic (exact) mass is 123 g/mol. The lowest BCUT2D eigenvalue weighted by molar-refractivity contribution is 0.890. The van der Waals surface area contributed by atoms with Gasteiger partial charge in [-0.25, -0.2) is 4.98 Å². The fourth-order valence-corrected chi connectivity index (χ4v) is 0.631. The molecule has 9 heavy (non-hydrogen) atoms. The summed E-state index contributed by atoms with van der Waals surface area (Å²) in [7, 11) is 0. The average molecular weight is 123 g/mol. The zero-order valence-electron chi connectivity index (χ0n) is 5.12. The van der Waals surface area contributed by atoms with Crippen LogP contribution in [0.1, 0.15) is 5.82 Å². The van der Waals surface area contributed by atoms with Gasteiger partial charge in [0, 0.05) is 18.8 Å². The Morgan fingerprint density at radius 3 is 3.11 bits per heavy atom. The lowest BCUT2D eigenvalue weighted by Crippen LogP contribution is -2.10. The molecule has 0 unspecified atom stereocenters. The Morgan fingerprint density at radius 1 is 1.89 bits per heavy atom. The number of rotatable bonds is 2. The molecular formula is C6H9N3. The summed E-state index contributed by atoms with van der Waals surface area (Å²) in [4.78, 5) is 3.97. The zero-order chi connectivity index (χ0) is 6.69. The van der Waals surface area contributed by atoms with Crippen LogP contribution in [0.25, 0.3) is 0 Å². The molecule has 0 spiro atoms. The molecule has 0 atom stereocenters. The van der Waals surface area contributed by atoms with Crippen LogP contribution in [0.3, 0.4) is 0 Å². The van der Waals surface area contributed by atoms with E-state index in [-0.39, 0.29) is 0 Å². The second-order valence-corrected chi connectivity index (χ2v) is 1.74. The highest BCUT2D eigenvalue weighted by molar-refractivity contribution is 4.96. The van der Waals surface area contributed by atoms with Gasteiger partial charge in [0.15, 0.2) is 0 Å². The van der Waals surface area contributed by atoms with Gasteiger partial charge in [0.05, 0.1) is 0 Å². The van der Waals surface area contributed by atoms with Crippen molar-refractivity contribution in [3.8, 4) is 0 Å². The Labute approximate surface area is 53.8 Å². The highest BCUT2D eigenvalue weighted by Crippen LogP contribution is 1.92. The number of imidazole rings is 1. The summed E-state index contributed by atoms with van der Waals surface area (Å²) in [6.07, 6.45) is 5.87. The molecule has 3 nitrogen and oxygen atoms in total. The Bertz CT molecular complexity index is 202. The van der Waals surface area contributed by atoms with E-state index in [0.29, 0.717) is 0 Å². The predicted molar refractivity (Wildman–Crippen MR) is 36.3 cm³/mol. The van der Waals surface area contributed by atoms with E-state index in [4.69, 9.17) is 5.84 Å². The smallest absolute Gasteiger partial charge is 0.130 e. The van der Waals surface area contributed by atoms with Crippen LogP contribution in [0.15, 0.2) is 25.0 Å². The fourth-order valence-electron chi connectivity index (χ4n) is 0.631. The van der Waals surface area contributed by atoms with Crippen molar-refractivity contribution in [2.75, 3.05) is 5.84 Å². The average Bonchev–Trinajstić information content (AvgIpc) is 2.18. The molecule has 0 saturated carbocycles. The minimum atomic E-state index is 0.726. The van der Waals surface area contributed by atoms with Crippen molar-refractivity contribution in [1.82, 2.24) is 9.66 Å². The fraction of sp³-hybridized carbons (Fsp3) is 0.167. The third-order valence-corrected chi connectivity index (χ3v) is 1.08. The highest BCUT2D eigenvalue weighted by atomic mass is 15.3. The minimum absolute atomic E-state index is 0.726. The Balaban J connectivity index is 2.80. The molecule has 0 fully saturated rings. The molecule has 1 aromatic heterocycles. The molecule has 48 valence electrons. The van der Waals surface area contributed by atoms with E-state index in [1.165, 1.54) is 4.68 Å². The number of nitrogens with two attached hydrogens (primary N) is 1. The normalized spacial score (nSPS) is 9.33. The van der Waals surface area contributed by atoms with Crippen LogP contribution in [0, 0.1) is 0 Å². The second-order valence-electron chi connectivity index (χ2n) is 1.74. The molecule has 2 N–H and O–H groups in total. The van der Waals surface area contributed by atoms with Crippen LogP contribution in [0.4, 0.5) is 0 Å². The van der Waals surface area contributed by atoms with Crippen molar-refractivity contribution in [1.29, 1.82) is 0 Å². The van der Waals surface area contributed by atoms with Crippen molar-refractivity contribution in [2.45, 2.75) is 6.42 Å². The molecule has 0 amide bonds. The third kappa shape index (κ3) is 1.10. The van der Waals surface area contributed by atoms with Crippen molar-refractivity contribution >= 4 is 0 Å². The summed E-state index contributed by atoms with van der Waals surface area (Å²) in [5.41, 5.74) is 0. The van der Waals surface area contributed by atoms with Crippen molar-refractivity contribution in [2.24, 2.45) is 0 Å². The number of hydrogen-bond donors (Lipinski definition) is 1. The number of nitrogen functional groups attached to an aromatic ring is 1. The lowest BCUT2D eigenvalue weighted by atomic mass is 10.4. The highest BCUT2D eigenvalue weighted by Gasteiger charge is 1.92. The van der Waals surface area contributed by atoms with Gasteiger partial charge < -0.3 is 5.84 Å². The Morgan fingerprint density at radius 2 is 2.67 bits per heavy atom. The molecular weight excluding hydrogens is 114 g/mol. The van der Waals surface area contributed by atoms with Gasteiger partial charge in [-0.05, 0) is 0 Å². The number of nitrogens with zero attached hydrogens (tertiary/aromatic N) is 2. The van der Waals surface area contributed by atoms with Crippen LogP contribution >= 0.6 is 0 Å². The van der Waals surface area contributed by atoms with Gasteiger partial charge in [-0.15, -0.1) is 6.58 Å². The predicted octanol–water partition coefficient (Wildman–Crippen LogP) is 0.325. The van der Waals surface area contributed by atoms with E-state index in [2.05, 4.69) is 11.6 Å². The maximum Gasteiger partial charge on any atom is 0.130 e. The van der Waals surface area contributed by atoms with Crippen LogP contribution in [0.5, 0.6) is 0 Å². The van der Waals surface area contributed by atoms with E-state index in [0.717, 1.165) is 12.2 Å². The van der Waals surface area contributed by atoms with Gasteiger partial charge in [-0.2, -0.15) is 0 Å². The van der Waals surface area contributed by atoms with Gasteiger partial charge in [0.25, 0.3) is 0 Å². The zero-order valence-corrected chi connectivity index (χ0v) is 5.12. The first-order chi connectivity index (χ1) is 4.34. The summed E-state index contributed by atoms with van der Waals surface area (Å²) < 4.78 is 1.49. The largest absolute Gasteiger partial charge is 0.338 e. The van der Waals surface area contributed by atoms with E-state index in [9.17, 15) is 0 Å². The summed E-state index contributed by atoms with van der Waals surface area (Å²) in [5.74, 6) is 6.27. The third-order valence-electron chi connectivity index (χ3n) is 1.08. The van der Waals surface area contributed by atoms with Crippen molar-refractivity contribution in [3.05, 3.63) is 30.9 Å². The maximum absolute atomic E-state index is 5.43. The lowest BCUT2D eigenvalue weighted by Gasteiger charge is -1.94. The molecule has 1 rings (SSSR count). The number of aromatic nitrogens is 2. The van der Waals surface area contributed by atoms with Crippen LogP contribution < -0.4 is 5.84 Å². The molecule has 0 saturated heterocycles. The summed E-state index contributed by atoms with van der Waals surface area (Å²) >= 11 is 0. The molecule has 1 heterocycles. The van der Waals surface area contributed by atoms with E-state index in [1.54, 1.807) is 18.5 Å². The first-order valence-electron chi connectivity index (χ1n) is 2.73. The molecule has 0 radical (unpaired) electrons. The molecule has 1 aromatic rings.